The number of carbonyl (C=O) groups excluding carboxylic acids is 1. The van der Waals surface area contributed by atoms with Gasteiger partial charge in [-0.25, -0.2) is 12.7 Å². The van der Waals surface area contributed by atoms with Crippen LogP contribution in [0.5, 0.6) is 0 Å². The van der Waals surface area contributed by atoms with E-state index in [4.69, 9.17) is 4.74 Å². The molecule has 3 rings (SSSR count). The third-order valence-electron chi connectivity index (χ3n) is 5.99. The lowest BCUT2D eigenvalue weighted by Crippen LogP contribution is -2.44. The predicted octanol–water partition coefficient (Wildman–Crippen LogP) is 2.00. The summed E-state index contributed by atoms with van der Waals surface area (Å²) >= 11 is 0. The molecule has 0 aromatic heterocycles. The summed E-state index contributed by atoms with van der Waals surface area (Å²) in [5.74, 6) is 0.938. The van der Waals surface area contributed by atoms with Crippen LogP contribution in [-0.4, -0.2) is 68.2 Å². The van der Waals surface area contributed by atoms with E-state index in [0.717, 1.165) is 45.2 Å². The SMILES string of the molecule is CS(=O)(=O)N1CCC(OC2CCN(C(=O)CC3CCCC3)CC2)CC1. The van der Waals surface area contributed by atoms with Crippen molar-refractivity contribution in [1.82, 2.24) is 9.21 Å². The third kappa shape index (κ3) is 5.41. The molecule has 1 aliphatic carbocycles. The highest BCUT2D eigenvalue weighted by Gasteiger charge is 2.30. The number of carbonyl (C=O) groups is 1. The van der Waals surface area contributed by atoms with Gasteiger partial charge in [0.25, 0.3) is 0 Å². The number of piperidine rings is 2. The predicted molar refractivity (Wildman–Crippen MR) is 96.7 cm³/mol. The molecule has 25 heavy (non-hydrogen) atoms. The summed E-state index contributed by atoms with van der Waals surface area (Å²) < 4.78 is 30.8. The van der Waals surface area contributed by atoms with E-state index >= 15 is 0 Å². The Bertz CT molecular complexity index is 543. The van der Waals surface area contributed by atoms with Gasteiger partial charge in [-0.05, 0) is 44.4 Å². The molecule has 0 unspecified atom stereocenters. The van der Waals surface area contributed by atoms with Crippen LogP contribution in [0.2, 0.25) is 0 Å². The van der Waals surface area contributed by atoms with E-state index in [1.54, 1.807) is 0 Å². The monoisotopic (exact) mass is 372 g/mol. The summed E-state index contributed by atoms with van der Waals surface area (Å²) in [6, 6.07) is 0. The third-order valence-corrected chi connectivity index (χ3v) is 7.29. The molecule has 7 heteroatoms. The lowest BCUT2D eigenvalue weighted by molar-refractivity contribution is -0.136. The molecule has 0 aromatic rings. The maximum absolute atomic E-state index is 12.4. The van der Waals surface area contributed by atoms with Gasteiger partial charge in [-0.2, -0.15) is 0 Å². The summed E-state index contributed by atoms with van der Waals surface area (Å²) in [7, 11) is -3.08. The number of rotatable bonds is 5. The molecule has 3 aliphatic rings. The maximum Gasteiger partial charge on any atom is 0.222 e. The fourth-order valence-electron chi connectivity index (χ4n) is 4.40. The van der Waals surface area contributed by atoms with Gasteiger partial charge >= 0.3 is 0 Å². The average molecular weight is 373 g/mol. The van der Waals surface area contributed by atoms with Crippen molar-refractivity contribution in [3.8, 4) is 0 Å². The second kappa shape index (κ2) is 8.35. The van der Waals surface area contributed by atoms with Crippen molar-refractivity contribution in [2.75, 3.05) is 32.4 Å². The number of amides is 1. The van der Waals surface area contributed by atoms with E-state index in [1.165, 1.54) is 36.2 Å². The van der Waals surface area contributed by atoms with E-state index in [-0.39, 0.29) is 12.2 Å². The van der Waals surface area contributed by atoms with Crippen molar-refractivity contribution in [3.05, 3.63) is 0 Å². The number of ether oxygens (including phenoxy) is 1. The number of hydrogen-bond acceptors (Lipinski definition) is 4. The fourth-order valence-corrected chi connectivity index (χ4v) is 5.28. The van der Waals surface area contributed by atoms with Gasteiger partial charge in [-0.1, -0.05) is 12.8 Å². The molecule has 0 radical (unpaired) electrons. The zero-order valence-electron chi connectivity index (χ0n) is 15.4. The molecule has 144 valence electrons. The normalized spacial score (nSPS) is 25.6. The number of nitrogens with zero attached hydrogens (tertiary/aromatic N) is 2. The van der Waals surface area contributed by atoms with Crippen LogP contribution in [0.3, 0.4) is 0 Å². The Kier molecular flexibility index (Phi) is 6.39. The van der Waals surface area contributed by atoms with E-state index in [1.807, 2.05) is 4.90 Å². The summed E-state index contributed by atoms with van der Waals surface area (Å²) in [6.45, 7) is 2.72. The van der Waals surface area contributed by atoms with Gasteiger partial charge in [0.2, 0.25) is 15.9 Å². The topological polar surface area (TPSA) is 66.9 Å². The summed E-state index contributed by atoms with van der Waals surface area (Å²) in [6.07, 6.45) is 10.7. The number of sulfonamides is 1. The standard InChI is InChI=1S/C18H32N2O4S/c1-25(22,23)20-12-8-17(9-13-20)24-16-6-10-19(11-7-16)18(21)14-15-4-2-3-5-15/h15-17H,2-14H2,1H3. The van der Waals surface area contributed by atoms with Gasteiger partial charge in [0.1, 0.15) is 0 Å². The highest BCUT2D eigenvalue weighted by atomic mass is 32.2. The Labute approximate surface area is 151 Å². The Balaban J connectivity index is 1.36. The second-order valence-electron chi connectivity index (χ2n) is 7.93. The maximum atomic E-state index is 12.4. The Morgan fingerprint density at radius 3 is 1.96 bits per heavy atom. The molecule has 3 fully saturated rings. The van der Waals surface area contributed by atoms with Gasteiger partial charge in [0.05, 0.1) is 18.5 Å². The molecule has 2 aliphatic heterocycles. The molecule has 0 bridgehead atoms. The molecule has 1 saturated carbocycles. The van der Waals surface area contributed by atoms with E-state index in [9.17, 15) is 13.2 Å². The molecule has 2 saturated heterocycles. The van der Waals surface area contributed by atoms with Crippen molar-refractivity contribution < 1.29 is 17.9 Å². The van der Waals surface area contributed by atoms with E-state index in [2.05, 4.69) is 0 Å². The molecular formula is C18H32N2O4S. The van der Waals surface area contributed by atoms with Gasteiger partial charge in [0, 0.05) is 32.6 Å². The Hall–Kier alpha value is -0.660. The summed E-state index contributed by atoms with van der Waals surface area (Å²) in [5, 5.41) is 0. The molecular weight excluding hydrogens is 340 g/mol. The minimum absolute atomic E-state index is 0.156. The van der Waals surface area contributed by atoms with Crippen LogP contribution in [0.25, 0.3) is 0 Å². The highest BCUT2D eigenvalue weighted by Crippen LogP contribution is 2.29. The zero-order chi connectivity index (χ0) is 17.9. The Morgan fingerprint density at radius 2 is 1.44 bits per heavy atom. The molecule has 1 amide bonds. The first-order chi connectivity index (χ1) is 11.9. The van der Waals surface area contributed by atoms with Gasteiger partial charge in [-0.3, -0.25) is 4.79 Å². The fraction of sp³-hybridized carbons (Fsp3) is 0.944. The smallest absolute Gasteiger partial charge is 0.222 e. The van der Waals surface area contributed by atoms with Gasteiger partial charge in [-0.15, -0.1) is 0 Å². The summed E-state index contributed by atoms with van der Waals surface area (Å²) in [4.78, 5) is 14.4. The first-order valence-corrected chi connectivity index (χ1v) is 11.6. The van der Waals surface area contributed by atoms with E-state index < -0.39 is 10.0 Å². The quantitative estimate of drug-likeness (QED) is 0.740. The Morgan fingerprint density at radius 1 is 0.920 bits per heavy atom. The van der Waals surface area contributed by atoms with Crippen LogP contribution in [0.15, 0.2) is 0 Å². The molecule has 0 N–H and O–H groups in total. The molecule has 0 spiro atoms. The van der Waals surface area contributed by atoms with Crippen molar-refractivity contribution >= 4 is 15.9 Å². The first kappa shape index (κ1) is 19.1. The molecule has 6 nitrogen and oxygen atoms in total. The van der Waals surface area contributed by atoms with Crippen molar-refractivity contribution in [1.29, 1.82) is 0 Å². The zero-order valence-corrected chi connectivity index (χ0v) is 16.2. The van der Waals surface area contributed by atoms with Crippen LogP contribution in [-0.2, 0) is 19.6 Å². The van der Waals surface area contributed by atoms with Crippen molar-refractivity contribution in [2.24, 2.45) is 5.92 Å². The van der Waals surface area contributed by atoms with Crippen LogP contribution < -0.4 is 0 Å². The minimum Gasteiger partial charge on any atom is -0.375 e. The summed E-state index contributed by atoms with van der Waals surface area (Å²) in [5.41, 5.74) is 0. The molecule has 0 atom stereocenters. The average Bonchev–Trinajstić information content (AvgIpc) is 3.08. The second-order valence-corrected chi connectivity index (χ2v) is 9.91. The van der Waals surface area contributed by atoms with Crippen molar-refractivity contribution in [3.63, 3.8) is 0 Å². The first-order valence-electron chi connectivity index (χ1n) is 9.80. The van der Waals surface area contributed by atoms with Crippen LogP contribution in [0, 0.1) is 5.92 Å². The minimum atomic E-state index is -3.08. The number of likely N-dealkylation sites (tertiary alicyclic amines) is 1. The van der Waals surface area contributed by atoms with Crippen LogP contribution in [0.4, 0.5) is 0 Å². The molecule has 0 aromatic carbocycles. The van der Waals surface area contributed by atoms with Crippen molar-refractivity contribution in [2.45, 2.75) is 70.0 Å². The number of hydrogen-bond donors (Lipinski definition) is 0. The molecule has 2 heterocycles. The van der Waals surface area contributed by atoms with E-state index in [0.29, 0.717) is 24.9 Å². The lowest BCUT2D eigenvalue weighted by Gasteiger charge is -2.36. The van der Waals surface area contributed by atoms with Gasteiger partial charge in [0.15, 0.2) is 0 Å². The van der Waals surface area contributed by atoms with Crippen LogP contribution >= 0.6 is 0 Å². The highest BCUT2D eigenvalue weighted by molar-refractivity contribution is 7.88. The lowest BCUT2D eigenvalue weighted by atomic mass is 10.0. The van der Waals surface area contributed by atoms with Gasteiger partial charge < -0.3 is 9.64 Å². The van der Waals surface area contributed by atoms with Crippen LogP contribution in [0.1, 0.15) is 57.8 Å². The largest absolute Gasteiger partial charge is 0.375 e.